The van der Waals surface area contributed by atoms with E-state index in [-0.39, 0.29) is 5.52 Å². The van der Waals surface area contributed by atoms with Crippen LogP contribution in [0, 0.1) is 18.6 Å². The van der Waals surface area contributed by atoms with Gasteiger partial charge in [0.2, 0.25) is 0 Å². The summed E-state index contributed by atoms with van der Waals surface area (Å²) < 4.78 is 26.7. The predicted octanol–water partition coefficient (Wildman–Crippen LogP) is 4.47. The van der Waals surface area contributed by atoms with E-state index in [0.717, 1.165) is 11.6 Å². The molecule has 3 aromatic rings. The van der Waals surface area contributed by atoms with E-state index < -0.39 is 11.6 Å². The zero-order valence-corrected chi connectivity index (χ0v) is 10.7. The second-order valence-electron chi connectivity index (χ2n) is 4.33. The van der Waals surface area contributed by atoms with Crippen LogP contribution < -0.4 is 0 Å². The standard InChI is InChI=1S/C14H9ClF2N2/c1-7-2-3-8(9(15)6-7)14-18-11-5-4-10(16)12(17)13(11)19-14/h2-6H,1H3,(H,18,19). The number of aromatic amines is 1. The normalized spacial score (nSPS) is 11.2. The largest absolute Gasteiger partial charge is 0.338 e. The smallest absolute Gasteiger partial charge is 0.186 e. The zero-order valence-electron chi connectivity index (χ0n) is 9.97. The Morgan fingerprint density at radius 2 is 1.95 bits per heavy atom. The maximum absolute atomic E-state index is 13.6. The molecule has 2 aromatic carbocycles. The summed E-state index contributed by atoms with van der Waals surface area (Å²) in [5, 5.41) is 0.514. The van der Waals surface area contributed by atoms with Gasteiger partial charge in [-0.25, -0.2) is 13.8 Å². The monoisotopic (exact) mass is 278 g/mol. The molecule has 0 aliphatic heterocycles. The fraction of sp³-hybridized carbons (Fsp3) is 0.0714. The van der Waals surface area contributed by atoms with Crippen molar-refractivity contribution in [2.24, 2.45) is 0 Å². The Morgan fingerprint density at radius 1 is 1.16 bits per heavy atom. The van der Waals surface area contributed by atoms with Gasteiger partial charge in [-0.15, -0.1) is 0 Å². The van der Waals surface area contributed by atoms with Crippen LogP contribution in [0.5, 0.6) is 0 Å². The molecule has 0 spiro atoms. The van der Waals surface area contributed by atoms with Gasteiger partial charge >= 0.3 is 0 Å². The minimum atomic E-state index is -0.955. The van der Waals surface area contributed by atoms with Gasteiger partial charge in [0.05, 0.1) is 10.5 Å². The van der Waals surface area contributed by atoms with E-state index in [1.54, 1.807) is 12.1 Å². The molecule has 0 amide bonds. The maximum atomic E-state index is 13.6. The Hall–Kier alpha value is -1.94. The number of imidazole rings is 1. The van der Waals surface area contributed by atoms with Crippen LogP contribution in [0.3, 0.4) is 0 Å². The van der Waals surface area contributed by atoms with Crippen molar-refractivity contribution in [1.82, 2.24) is 9.97 Å². The number of H-pyrrole nitrogens is 1. The number of aromatic nitrogens is 2. The molecule has 0 aliphatic rings. The average molecular weight is 279 g/mol. The van der Waals surface area contributed by atoms with Crippen molar-refractivity contribution in [3.8, 4) is 11.4 Å². The van der Waals surface area contributed by atoms with Gasteiger partial charge < -0.3 is 4.98 Å². The lowest BCUT2D eigenvalue weighted by molar-refractivity contribution is 0.515. The summed E-state index contributed by atoms with van der Waals surface area (Å²) in [4.78, 5) is 7.02. The topological polar surface area (TPSA) is 28.7 Å². The van der Waals surface area contributed by atoms with E-state index >= 15 is 0 Å². The molecule has 0 saturated carbocycles. The van der Waals surface area contributed by atoms with Gasteiger partial charge in [-0.1, -0.05) is 17.7 Å². The first kappa shape index (κ1) is 12.1. The molecule has 0 bridgehead atoms. The lowest BCUT2D eigenvalue weighted by Crippen LogP contribution is -1.85. The molecule has 5 heteroatoms. The third-order valence-electron chi connectivity index (χ3n) is 2.93. The molecule has 2 nitrogen and oxygen atoms in total. The highest BCUT2D eigenvalue weighted by molar-refractivity contribution is 6.33. The molecule has 1 heterocycles. The Morgan fingerprint density at radius 3 is 2.68 bits per heavy atom. The number of rotatable bonds is 1. The third-order valence-corrected chi connectivity index (χ3v) is 3.24. The molecule has 96 valence electrons. The number of aryl methyl sites for hydroxylation is 1. The predicted molar refractivity (Wildman–Crippen MR) is 71.2 cm³/mol. The van der Waals surface area contributed by atoms with Gasteiger partial charge in [0.15, 0.2) is 11.6 Å². The van der Waals surface area contributed by atoms with Crippen molar-refractivity contribution < 1.29 is 8.78 Å². The molecule has 0 atom stereocenters. The molecule has 1 aromatic heterocycles. The Balaban J connectivity index is 2.23. The quantitative estimate of drug-likeness (QED) is 0.699. The molecule has 0 fully saturated rings. The van der Waals surface area contributed by atoms with E-state index in [4.69, 9.17) is 11.6 Å². The molecule has 3 rings (SSSR count). The minimum Gasteiger partial charge on any atom is -0.338 e. The third kappa shape index (κ3) is 1.98. The van der Waals surface area contributed by atoms with Crippen LogP contribution in [0.2, 0.25) is 5.02 Å². The fourth-order valence-corrected chi connectivity index (χ4v) is 2.28. The SMILES string of the molecule is Cc1ccc(-c2nc3c(F)c(F)ccc3[nH]2)c(Cl)c1. The Bertz CT molecular complexity index is 780. The van der Waals surface area contributed by atoms with Crippen LogP contribution >= 0.6 is 11.6 Å². The van der Waals surface area contributed by atoms with Crippen molar-refractivity contribution in [3.63, 3.8) is 0 Å². The number of nitrogens with zero attached hydrogens (tertiary/aromatic N) is 1. The van der Waals surface area contributed by atoms with Crippen LogP contribution in [-0.4, -0.2) is 9.97 Å². The molecular formula is C14H9ClF2N2. The second-order valence-corrected chi connectivity index (χ2v) is 4.73. The van der Waals surface area contributed by atoms with E-state index in [1.165, 1.54) is 6.07 Å². The van der Waals surface area contributed by atoms with E-state index in [2.05, 4.69) is 9.97 Å². The van der Waals surface area contributed by atoms with Crippen LogP contribution in [0.4, 0.5) is 8.78 Å². The lowest BCUT2D eigenvalue weighted by atomic mass is 10.1. The van der Waals surface area contributed by atoms with Gasteiger partial charge in [0, 0.05) is 5.56 Å². The first-order valence-corrected chi connectivity index (χ1v) is 6.04. The zero-order chi connectivity index (χ0) is 13.6. The Kier molecular flexibility index (Phi) is 2.75. The number of hydrogen-bond donors (Lipinski definition) is 1. The van der Waals surface area contributed by atoms with Crippen LogP contribution in [0.25, 0.3) is 22.4 Å². The number of hydrogen-bond acceptors (Lipinski definition) is 1. The highest BCUT2D eigenvalue weighted by Crippen LogP contribution is 2.29. The van der Waals surface area contributed by atoms with Crippen LogP contribution in [0.15, 0.2) is 30.3 Å². The van der Waals surface area contributed by atoms with Crippen molar-refractivity contribution in [3.05, 3.63) is 52.6 Å². The lowest BCUT2D eigenvalue weighted by Gasteiger charge is -2.01. The highest BCUT2D eigenvalue weighted by atomic mass is 35.5. The molecule has 0 radical (unpaired) electrons. The number of halogens is 3. The van der Waals surface area contributed by atoms with Gasteiger partial charge in [-0.2, -0.15) is 0 Å². The molecule has 0 unspecified atom stereocenters. The Labute approximate surface area is 113 Å². The fourth-order valence-electron chi connectivity index (χ4n) is 1.96. The second kappa shape index (κ2) is 4.31. The van der Waals surface area contributed by atoms with Crippen molar-refractivity contribution in [1.29, 1.82) is 0 Å². The molecule has 0 saturated heterocycles. The number of benzene rings is 2. The van der Waals surface area contributed by atoms with Gasteiger partial charge in [-0.3, -0.25) is 0 Å². The van der Waals surface area contributed by atoms with Crippen LogP contribution in [-0.2, 0) is 0 Å². The molecular weight excluding hydrogens is 270 g/mol. The first-order chi connectivity index (χ1) is 9.06. The van der Waals surface area contributed by atoms with Gasteiger partial charge in [0.25, 0.3) is 0 Å². The summed E-state index contributed by atoms with van der Waals surface area (Å²) >= 11 is 6.13. The average Bonchev–Trinajstić information content (AvgIpc) is 2.78. The van der Waals surface area contributed by atoms with E-state index in [1.807, 2.05) is 13.0 Å². The molecule has 19 heavy (non-hydrogen) atoms. The maximum Gasteiger partial charge on any atom is 0.186 e. The summed E-state index contributed by atoms with van der Waals surface area (Å²) in [6.45, 7) is 1.92. The van der Waals surface area contributed by atoms with Crippen molar-refractivity contribution in [2.75, 3.05) is 0 Å². The summed E-state index contributed by atoms with van der Waals surface area (Å²) in [6.07, 6.45) is 0. The van der Waals surface area contributed by atoms with E-state index in [0.29, 0.717) is 21.9 Å². The molecule has 0 aliphatic carbocycles. The molecule has 1 N–H and O–H groups in total. The van der Waals surface area contributed by atoms with Gasteiger partial charge in [-0.05, 0) is 36.8 Å². The minimum absolute atomic E-state index is 0.0216. The van der Waals surface area contributed by atoms with Crippen molar-refractivity contribution in [2.45, 2.75) is 6.92 Å². The van der Waals surface area contributed by atoms with Crippen LogP contribution in [0.1, 0.15) is 5.56 Å². The number of fused-ring (bicyclic) bond motifs is 1. The summed E-state index contributed by atoms with van der Waals surface area (Å²) in [5.41, 5.74) is 2.09. The highest BCUT2D eigenvalue weighted by Gasteiger charge is 2.14. The van der Waals surface area contributed by atoms with E-state index in [9.17, 15) is 8.78 Å². The first-order valence-electron chi connectivity index (χ1n) is 5.66. The number of nitrogens with one attached hydrogen (secondary N) is 1. The van der Waals surface area contributed by atoms with Gasteiger partial charge in [0.1, 0.15) is 11.3 Å². The summed E-state index contributed by atoms with van der Waals surface area (Å²) in [5.74, 6) is -1.45. The summed E-state index contributed by atoms with van der Waals surface area (Å²) in [7, 11) is 0. The van der Waals surface area contributed by atoms with Crippen molar-refractivity contribution >= 4 is 22.6 Å². The summed E-state index contributed by atoms with van der Waals surface area (Å²) in [6, 6.07) is 7.98.